The van der Waals surface area contributed by atoms with Crippen LogP contribution in [0.15, 0.2) is 39.0 Å². The summed E-state index contributed by atoms with van der Waals surface area (Å²) >= 11 is 10.8. The molecule has 114 valence electrons. The van der Waals surface area contributed by atoms with Crippen LogP contribution in [-0.4, -0.2) is 19.8 Å². The predicted molar refractivity (Wildman–Crippen MR) is 91.4 cm³/mol. The van der Waals surface area contributed by atoms with Gasteiger partial charge in [-0.25, -0.2) is 8.42 Å². The molecule has 0 N–H and O–H groups in total. The highest BCUT2D eigenvalue weighted by Gasteiger charge is 2.25. The van der Waals surface area contributed by atoms with Crippen molar-refractivity contribution in [1.82, 2.24) is 4.31 Å². The van der Waals surface area contributed by atoms with E-state index in [2.05, 4.69) is 15.9 Å². The number of nitrogens with zero attached hydrogens (tertiary/aromatic N) is 1. The summed E-state index contributed by atoms with van der Waals surface area (Å²) in [6.07, 6.45) is 0. The van der Waals surface area contributed by atoms with Gasteiger partial charge in [0, 0.05) is 28.8 Å². The highest BCUT2D eigenvalue weighted by atomic mass is 79.9. The Balaban J connectivity index is 2.41. The monoisotopic (exact) mass is 407 g/mol. The molecule has 0 atom stereocenters. The summed E-state index contributed by atoms with van der Waals surface area (Å²) in [4.78, 5) is 1.26. The van der Waals surface area contributed by atoms with E-state index in [0.29, 0.717) is 11.0 Å². The fourth-order valence-electron chi connectivity index (χ4n) is 1.95. The van der Waals surface area contributed by atoms with Crippen molar-refractivity contribution in [1.29, 1.82) is 0 Å². The molecule has 0 aliphatic heterocycles. The molecule has 0 unspecified atom stereocenters. The summed E-state index contributed by atoms with van der Waals surface area (Å²) < 4.78 is 27.5. The molecule has 2 rings (SSSR count). The average Bonchev–Trinajstić information content (AvgIpc) is 2.94. The van der Waals surface area contributed by atoms with E-state index in [-0.39, 0.29) is 10.8 Å². The summed E-state index contributed by atoms with van der Waals surface area (Å²) in [5, 5.41) is 1.93. The molecular weight excluding hydrogens is 394 g/mol. The molecule has 0 bridgehead atoms. The van der Waals surface area contributed by atoms with Crippen LogP contribution in [-0.2, 0) is 22.4 Å². The minimum absolute atomic E-state index is 0.261. The van der Waals surface area contributed by atoms with Crippen LogP contribution in [0.25, 0.3) is 0 Å². The first-order valence-corrected chi connectivity index (χ1v) is 9.84. The van der Waals surface area contributed by atoms with E-state index in [1.165, 1.54) is 15.6 Å². The van der Waals surface area contributed by atoms with E-state index in [1.54, 1.807) is 13.1 Å². The molecule has 0 amide bonds. The summed E-state index contributed by atoms with van der Waals surface area (Å²) in [6, 6.07) is 7.35. The van der Waals surface area contributed by atoms with Gasteiger partial charge in [0.15, 0.2) is 0 Å². The second kappa shape index (κ2) is 6.79. The van der Waals surface area contributed by atoms with Crippen molar-refractivity contribution in [3.05, 3.63) is 50.1 Å². The van der Waals surface area contributed by atoms with Gasteiger partial charge >= 0.3 is 0 Å². The molecule has 0 radical (unpaired) electrons. The fourth-order valence-corrected chi connectivity index (χ4v) is 5.12. The minimum atomic E-state index is -3.57. The smallest absolute Gasteiger partial charge is 0.207 e. The molecule has 3 nitrogen and oxygen atoms in total. The van der Waals surface area contributed by atoms with E-state index in [0.717, 1.165) is 16.0 Å². The molecule has 0 fully saturated rings. The second-order valence-corrected chi connectivity index (χ2v) is 8.80. The van der Waals surface area contributed by atoms with Crippen molar-refractivity contribution in [3.8, 4) is 0 Å². The Morgan fingerprint density at radius 3 is 2.67 bits per heavy atom. The lowest BCUT2D eigenvalue weighted by atomic mass is 10.2. The molecule has 2 aromatic rings. The SMILES string of the molecule is Cc1cc(CCl)cc(S(=O)(=O)N(C)Cc2cccs2)c1Br. The number of halogens is 2. The van der Waals surface area contributed by atoms with Gasteiger partial charge < -0.3 is 0 Å². The molecule has 0 aliphatic carbocycles. The maximum absolute atomic E-state index is 12.8. The van der Waals surface area contributed by atoms with Crippen molar-refractivity contribution in [2.45, 2.75) is 24.2 Å². The van der Waals surface area contributed by atoms with Gasteiger partial charge in [-0.3, -0.25) is 0 Å². The molecular formula is C14H15BrClNO2S2. The first-order chi connectivity index (χ1) is 9.86. The maximum atomic E-state index is 12.8. The summed E-state index contributed by atoms with van der Waals surface area (Å²) in [5.74, 6) is 0.283. The fraction of sp³-hybridized carbons (Fsp3) is 0.286. The zero-order valence-corrected chi connectivity index (χ0v) is 15.6. The number of hydrogen-bond donors (Lipinski definition) is 0. The van der Waals surface area contributed by atoms with Crippen LogP contribution in [0.1, 0.15) is 16.0 Å². The first kappa shape index (κ1) is 17.0. The number of hydrogen-bond acceptors (Lipinski definition) is 3. The van der Waals surface area contributed by atoms with Gasteiger partial charge in [0.25, 0.3) is 0 Å². The molecule has 1 aromatic carbocycles. The Morgan fingerprint density at radius 1 is 1.38 bits per heavy atom. The second-order valence-electron chi connectivity index (χ2n) is 4.70. The highest BCUT2D eigenvalue weighted by Crippen LogP contribution is 2.30. The Kier molecular flexibility index (Phi) is 5.48. The van der Waals surface area contributed by atoms with Crippen molar-refractivity contribution < 1.29 is 8.42 Å². The number of benzene rings is 1. The maximum Gasteiger partial charge on any atom is 0.244 e. The molecule has 0 spiro atoms. The Labute approximate surface area is 142 Å². The van der Waals surface area contributed by atoms with E-state index in [9.17, 15) is 8.42 Å². The van der Waals surface area contributed by atoms with Gasteiger partial charge in [-0.15, -0.1) is 22.9 Å². The van der Waals surface area contributed by atoms with E-state index in [1.807, 2.05) is 30.5 Å². The van der Waals surface area contributed by atoms with Gasteiger partial charge in [-0.2, -0.15) is 4.31 Å². The van der Waals surface area contributed by atoms with Crippen LogP contribution in [0, 0.1) is 6.92 Å². The van der Waals surface area contributed by atoms with Gasteiger partial charge in [-0.05, 0) is 51.5 Å². The third-order valence-corrected chi connectivity index (χ3v) is 7.39. The summed E-state index contributed by atoms with van der Waals surface area (Å²) in [7, 11) is -1.98. The van der Waals surface area contributed by atoms with Crippen LogP contribution in [0.5, 0.6) is 0 Å². The normalized spacial score (nSPS) is 12.0. The van der Waals surface area contributed by atoms with E-state index in [4.69, 9.17) is 11.6 Å². The number of sulfonamides is 1. The van der Waals surface area contributed by atoms with Crippen molar-refractivity contribution >= 4 is 48.9 Å². The van der Waals surface area contributed by atoms with E-state index < -0.39 is 10.0 Å². The lowest BCUT2D eigenvalue weighted by molar-refractivity contribution is 0.469. The standard InChI is InChI=1S/C14H15BrClNO2S2/c1-10-6-11(8-16)7-13(14(10)15)21(18,19)17(2)9-12-4-3-5-20-12/h3-7H,8-9H2,1-2H3. The zero-order valence-electron chi connectivity index (χ0n) is 11.6. The van der Waals surface area contributed by atoms with Gasteiger partial charge in [0.05, 0.1) is 4.90 Å². The Hall–Kier alpha value is -0.400. The van der Waals surface area contributed by atoms with Crippen molar-refractivity contribution in [3.63, 3.8) is 0 Å². The quantitative estimate of drug-likeness (QED) is 0.689. The lowest BCUT2D eigenvalue weighted by Crippen LogP contribution is -2.26. The predicted octanol–water partition coefficient (Wildman–Crippen LogP) is 4.38. The number of thiophene rings is 1. The third kappa shape index (κ3) is 3.68. The molecule has 0 saturated carbocycles. The van der Waals surface area contributed by atoms with Crippen LogP contribution < -0.4 is 0 Å². The van der Waals surface area contributed by atoms with Crippen LogP contribution >= 0.6 is 38.9 Å². The largest absolute Gasteiger partial charge is 0.244 e. The average molecular weight is 409 g/mol. The highest BCUT2D eigenvalue weighted by molar-refractivity contribution is 9.10. The molecule has 0 aliphatic rings. The molecule has 1 aromatic heterocycles. The summed E-state index contributed by atoms with van der Waals surface area (Å²) in [5.41, 5.74) is 1.65. The minimum Gasteiger partial charge on any atom is -0.207 e. The van der Waals surface area contributed by atoms with Crippen LogP contribution in [0.3, 0.4) is 0 Å². The van der Waals surface area contributed by atoms with Gasteiger partial charge in [0.1, 0.15) is 0 Å². The van der Waals surface area contributed by atoms with Crippen molar-refractivity contribution in [2.24, 2.45) is 0 Å². The molecule has 7 heteroatoms. The molecule has 0 saturated heterocycles. The van der Waals surface area contributed by atoms with Crippen LogP contribution in [0.2, 0.25) is 0 Å². The zero-order chi connectivity index (χ0) is 15.6. The Bertz CT molecular complexity index is 730. The van der Waals surface area contributed by atoms with E-state index >= 15 is 0 Å². The lowest BCUT2D eigenvalue weighted by Gasteiger charge is -2.19. The number of rotatable bonds is 5. The summed E-state index contributed by atoms with van der Waals surface area (Å²) in [6.45, 7) is 2.22. The van der Waals surface area contributed by atoms with Gasteiger partial charge in [-0.1, -0.05) is 12.1 Å². The molecule has 21 heavy (non-hydrogen) atoms. The number of aryl methyl sites for hydroxylation is 1. The van der Waals surface area contributed by atoms with Crippen LogP contribution in [0.4, 0.5) is 0 Å². The number of alkyl halides is 1. The topological polar surface area (TPSA) is 37.4 Å². The molecule has 1 heterocycles. The van der Waals surface area contributed by atoms with Crippen molar-refractivity contribution in [2.75, 3.05) is 7.05 Å². The van der Waals surface area contributed by atoms with Gasteiger partial charge in [0.2, 0.25) is 10.0 Å². The first-order valence-electron chi connectivity index (χ1n) is 6.20. The third-order valence-electron chi connectivity index (χ3n) is 3.08. The Morgan fingerprint density at radius 2 is 2.10 bits per heavy atom.